The Morgan fingerprint density at radius 3 is 2.11 bits per heavy atom. The molecule has 2 unspecified atom stereocenters. The molecule has 63 heavy (non-hydrogen) atoms. The Bertz CT molecular complexity index is 1920. The first-order valence-electron chi connectivity index (χ1n) is 20.5. The predicted octanol–water partition coefficient (Wildman–Crippen LogP) is 4.29. The average Bonchev–Trinajstić information content (AvgIpc) is 3.78. The van der Waals surface area contributed by atoms with Crippen LogP contribution < -0.4 is 10.6 Å². The zero-order valence-corrected chi connectivity index (χ0v) is 35.4. The highest BCUT2D eigenvalue weighted by molar-refractivity contribution is 5.91. The van der Waals surface area contributed by atoms with Gasteiger partial charge in [-0.15, -0.1) is 40.5 Å². The molecule has 0 radical (unpaired) electrons. The first kappa shape index (κ1) is 50.3. The van der Waals surface area contributed by atoms with Crippen molar-refractivity contribution >= 4 is 23.7 Å². The molecule has 0 saturated carbocycles. The number of aromatic amines is 1. The minimum absolute atomic E-state index is 0.000400. The Morgan fingerprint density at radius 2 is 1.49 bits per heavy atom. The lowest BCUT2D eigenvalue weighted by Crippen LogP contribution is -2.55. The van der Waals surface area contributed by atoms with Gasteiger partial charge in [-0.1, -0.05) is 75.7 Å². The number of tetrazole rings is 1. The van der Waals surface area contributed by atoms with Crippen LogP contribution in [0.15, 0.2) is 48.5 Å². The summed E-state index contributed by atoms with van der Waals surface area (Å²) in [6, 6.07) is 12.9. The number of nitrogens with one attached hydrogen (secondary N) is 3. The van der Waals surface area contributed by atoms with E-state index in [9.17, 15) is 49.5 Å². The largest absolute Gasteiger partial charge is 0.464 e. The summed E-state index contributed by atoms with van der Waals surface area (Å²) in [5, 5.41) is 48.1. The normalized spacial score (nSPS) is 11.9. The Hall–Kier alpha value is -7.01. The number of carbonyl (C=O) groups is 4. The van der Waals surface area contributed by atoms with Crippen LogP contribution in [0.4, 0.5) is 0 Å². The van der Waals surface area contributed by atoms with Crippen molar-refractivity contribution in [2.75, 3.05) is 19.8 Å². The van der Waals surface area contributed by atoms with Crippen molar-refractivity contribution in [1.82, 2.24) is 36.2 Å². The molecule has 0 fully saturated rings. The van der Waals surface area contributed by atoms with Gasteiger partial charge in [0.15, 0.2) is 0 Å². The van der Waals surface area contributed by atoms with Gasteiger partial charge in [0.25, 0.3) is 21.5 Å². The van der Waals surface area contributed by atoms with Crippen LogP contribution in [0.1, 0.15) is 97.0 Å². The first-order valence-corrected chi connectivity index (χ1v) is 20.5. The molecule has 2 atom stereocenters. The van der Waals surface area contributed by atoms with E-state index in [2.05, 4.69) is 45.8 Å². The lowest BCUT2D eigenvalue weighted by Gasteiger charge is -2.34. The van der Waals surface area contributed by atoms with E-state index < -0.39 is 51.4 Å². The van der Waals surface area contributed by atoms with Gasteiger partial charge in [0.2, 0.25) is 23.5 Å². The van der Waals surface area contributed by atoms with E-state index in [0.717, 1.165) is 28.7 Å². The Labute approximate surface area is 362 Å². The van der Waals surface area contributed by atoms with E-state index in [1.807, 2.05) is 55.5 Å². The summed E-state index contributed by atoms with van der Waals surface area (Å²) in [6.45, 7) is 5.38. The third-order valence-electron chi connectivity index (χ3n) is 9.50. The van der Waals surface area contributed by atoms with Gasteiger partial charge in [0, 0.05) is 31.5 Å². The van der Waals surface area contributed by atoms with E-state index >= 15 is 0 Å². The maximum atomic E-state index is 14.3. The molecule has 0 aliphatic heterocycles. The molecule has 3 N–H and O–H groups in total. The molecule has 344 valence electrons. The molecule has 0 saturated heterocycles. The van der Waals surface area contributed by atoms with Gasteiger partial charge in [-0.25, -0.2) is 4.79 Å². The predicted molar refractivity (Wildman–Crippen MR) is 219 cm³/mol. The van der Waals surface area contributed by atoms with Crippen molar-refractivity contribution < 1.29 is 53.7 Å². The third kappa shape index (κ3) is 18.2. The zero-order chi connectivity index (χ0) is 46.1. The monoisotopic (exact) mass is 886 g/mol. The summed E-state index contributed by atoms with van der Waals surface area (Å²) in [4.78, 5) is 99.6. The van der Waals surface area contributed by atoms with Crippen LogP contribution in [0, 0.1) is 36.3 Å². The minimum atomic E-state index is -1.78. The number of H-pyrrole nitrogens is 1. The highest BCUT2D eigenvalue weighted by atomic mass is 17.0. The number of carbonyl (C=O) groups excluding carboxylic acids is 4. The number of nitrogens with zero attached hydrogens (tertiary/aromatic N) is 7. The molecular formula is C39H54N10O14. The number of amides is 3. The topological polar surface area (TPSA) is 316 Å². The molecule has 2 aromatic carbocycles. The summed E-state index contributed by atoms with van der Waals surface area (Å²) >= 11 is 0. The minimum Gasteiger partial charge on any atom is -0.464 e. The summed E-state index contributed by atoms with van der Waals surface area (Å²) in [6.07, 6.45) is 0.583. The number of hydrogen-bond donors (Lipinski definition) is 3. The summed E-state index contributed by atoms with van der Waals surface area (Å²) < 4.78 is 5.47. The molecule has 24 nitrogen and oxygen atoms in total. The summed E-state index contributed by atoms with van der Waals surface area (Å²) in [7, 11) is 0. The lowest BCUT2D eigenvalue weighted by atomic mass is 9.96. The van der Waals surface area contributed by atoms with Gasteiger partial charge in [-0.05, 0) is 79.2 Å². The number of esters is 1. The smallest absolute Gasteiger partial charge is 0.328 e. The van der Waals surface area contributed by atoms with E-state index in [4.69, 9.17) is 4.74 Å². The first-order chi connectivity index (χ1) is 30.2. The molecule has 0 aliphatic rings. The van der Waals surface area contributed by atoms with Crippen molar-refractivity contribution in [2.24, 2.45) is 5.92 Å². The van der Waals surface area contributed by atoms with Crippen molar-refractivity contribution in [2.45, 2.75) is 116 Å². The molecule has 0 spiro atoms. The fraction of sp³-hybridized carbons (Fsp3) is 0.564. The Balaban J connectivity index is 1.76. The standard InChI is InChI=1S/C39H54N10O14/c1-4-5-17-34(51)46(26-28-19-21-29(22-20-28)30-13-6-7-14-31(30)37-42-44-45-43-37)36(27(2)3)38(52)41-32(15-8-10-23-40-33(50)16-12-25-61-47(54)55)39(53)60-24-11-9-18-35(62-48(56)57)63-49(58)59/h6-7,13-14,19-22,27,32,35-36H,4-5,8-12,15-18,23-26H2,1-3H3,(H,40,50)(H,41,52)(H,42,43,44,45). The van der Waals surface area contributed by atoms with Crippen molar-refractivity contribution in [3.63, 3.8) is 0 Å². The van der Waals surface area contributed by atoms with Gasteiger partial charge in [-0.3, -0.25) is 24.1 Å². The highest BCUT2D eigenvalue weighted by Gasteiger charge is 2.35. The summed E-state index contributed by atoms with van der Waals surface area (Å²) in [5.74, 6) is -1.98. The van der Waals surface area contributed by atoms with Crippen molar-refractivity contribution in [1.29, 1.82) is 0 Å². The quantitative estimate of drug-likeness (QED) is 0.0267. The second kappa shape index (κ2) is 27.0. The lowest BCUT2D eigenvalue weighted by molar-refractivity contribution is -0.851. The van der Waals surface area contributed by atoms with Crippen LogP contribution in [0.3, 0.4) is 0 Å². The number of ether oxygens (including phenoxy) is 1. The number of unbranched alkanes of at least 4 members (excludes halogenated alkanes) is 3. The second-order valence-corrected chi connectivity index (χ2v) is 14.6. The van der Waals surface area contributed by atoms with Crippen molar-refractivity contribution in [3.8, 4) is 22.5 Å². The molecule has 0 aliphatic carbocycles. The van der Waals surface area contributed by atoms with Crippen LogP contribution in [0.2, 0.25) is 0 Å². The van der Waals surface area contributed by atoms with E-state index in [-0.39, 0.29) is 83.1 Å². The molecule has 1 aromatic heterocycles. The van der Waals surface area contributed by atoms with E-state index in [1.165, 1.54) is 4.90 Å². The maximum absolute atomic E-state index is 14.3. The van der Waals surface area contributed by atoms with Gasteiger partial charge in [0.1, 0.15) is 12.1 Å². The number of hydrogen-bond acceptors (Lipinski definition) is 17. The molecular weight excluding hydrogens is 832 g/mol. The van der Waals surface area contributed by atoms with E-state index in [1.54, 1.807) is 13.8 Å². The van der Waals surface area contributed by atoms with Crippen LogP contribution in [0.5, 0.6) is 0 Å². The molecule has 3 amide bonds. The van der Waals surface area contributed by atoms with Crippen LogP contribution in [-0.2, 0) is 45.0 Å². The fourth-order valence-electron chi connectivity index (χ4n) is 6.48. The van der Waals surface area contributed by atoms with Gasteiger partial charge in [-0.2, -0.15) is 5.21 Å². The zero-order valence-electron chi connectivity index (χ0n) is 35.4. The van der Waals surface area contributed by atoms with Gasteiger partial charge in [0.05, 0.1) is 13.2 Å². The van der Waals surface area contributed by atoms with E-state index in [0.29, 0.717) is 25.1 Å². The van der Waals surface area contributed by atoms with Crippen LogP contribution >= 0.6 is 0 Å². The number of benzene rings is 2. The number of aromatic nitrogens is 4. The molecule has 24 heteroatoms. The fourth-order valence-corrected chi connectivity index (χ4v) is 6.48. The Kier molecular flexibility index (Phi) is 21.6. The molecule has 0 bridgehead atoms. The SMILES string of the molecule is CCCCC(=O)N(Cc1ccc(-c2ccccc2-c2nn[nH]n2)cc1)C(C(=O)NC(CCCCNC(=O)CCCO[N+](=O)[O-])C(=O)OCCCCC(O[N+](=O)[O-])O[N+](=O)[O-])C(C)C. The Morgan fingerprint density at radius 1 is 0.810 bits per heavy atom. The van der Waals surface area contributed by atoms with Gasteiger partial charge < -0.3 is 25.1 Å². The van der Waals surface area contributed by atoms with Crippen LogP contribution in [-0.4, -0.2) is 103 Å². The molecule has 1 heterocycles. The maximum Gasteiger partial charge on any atom is 0.328 e. The average molecular weight is 887 g/mol. The second-order valence-electron chi connectivity index (χ2n) is 14.6. The molecule has 3 rings (SSSR count). The number of rotatable bonds is 31. The third-order valence-corrected chi connectivity index (χ3v) is 9.50. The molecule has 3 aromatic rings. The van der Waals surface area contributed by atoms with Crippen molar-refractivity contribution in [3.05, 3.63) is 84.4 Å². The van der Waals surface area contributed by atoms with Crippen LogP contribution in [0.25, 0.3) is 22.5 Å². The summed E-state index contributed by atoms with van der Waals surface area (Å²) in [5.41, 5.74) is 3.23. The van der Waals surface area contributed by atoms with Gasteiger partial charge >= 0.3 is 5.97 Å². The highest BCUT2D eigenvalue weighted by Crippen LogP contribution is 2.30.